The van der Waals surface area contributed by atoms with Crippen LogP contribution in [0.1, 0.15) is 19.8 Å². The van der Waals surface area contributed by atoms with Gasteiger partial charge in [-0.15, -0.1) is 0 Å². The zero-order chi connectivity index (χ0) is 18.0. The van der Waals surface area contributed by atoms with Crippen molar-refractivity contribution in [3.05, 3.63) is 36.0 Å². The quantitative estimate of drug-likeness (QED) is 0.771. The number of hydrogen-bond acceptors (Lipinski definition) is 4. The molecule has 0 aromatic carbocycles. The fourth-order valence-electron chi connectivity index (χ4n) is 3.66. The third-order valence-corrected chi connectivity index (χ3v) is 5.31. The molecule has 2 amide bonds. The van der Waals surface area contributed by atoms with Gasteiger partial charge in [0.15, 0.2) is 0 Å². The lowest BCUT2D eigenvalue weighted by atomic mass is 10.1. The van der Waals surface area contributed by atoms with Crippen LogP contribution in [0.15, 0.2) is 31.0 Å². The van der Waals surface area contributed by atoms with Crippen LogP contribution in [0.25, 0.3) is 0 Å². The fraction of sp³-hybridized carbons (Fsp3) is 0.500. The SMILES string of the molecule is C=CC(=O)N1[C@@H](C)CC[C@H]1C(=O)N1CCN(c2ncccc2Cl)CC1. The summed E-state index contributed by atoms with van der Waals surface area (Å²) in [5.41, 5.74) is 0. The van der Waals surface area contributed by atoms with E-state index in [-0.39, 0.29) is 23.9 Å². The summed E-state index contributed by atoms with van der Waals surface area (Å²) in [7, 11) is 0. The van der Waals surface area contributed by atoms with Gasteiger partial charge in [-0.25, -0.2) is 4.98 Å². The molecular formula is C18H23ClN4O2. The molecule has 0 aliphatic carbocycles. The van der Waals surface area contributed by atoms with Crippen LogP contribution in [0, 0.1) is 0 Å². The number of aromatic nitrogens is 1. The molecule has 0 bridgehead atoms. The molecule has 0 spiro atoms. The monoisotopic (exact) mass is 362 g/mol. The fourth-order valence-corrected chi connectivity index (χ4v) is 3.90. The molecule has 2 aliphatic rings. The molecule has 2 saturated heterocycles. The average molecular weight is 363 g/mol. The van der Waals surface area contributed by atoms with Gasteiger partial charge in [-0.1, -0.05) is 18.2 Å². The minimum Gasteiger partial charge on any atom is -0.352 e. The van der Waals surface area contributed by atoms with Gasteiger partial charge in [0.05, 0.1) is 5.02 Å². The van der Waals surface area contributed by atoms with Crippen LogP contribution in [0.2, 0.25) is 5.02 Å². The largest absolute Gasteiger partial charge is 0.352 e. The molecule has 6 nitrogen and oxygen atoms in total. The van der Waals surface area contributed by atoms with Crippen molar-refractivity contribution < 1.29 is 9.59 Å². The molecule has 2 aliphatic heterocycles. The van der Waals surface area contributed by atoms with E-state index in [4.69, 9.17) is 11.6 Å². The second kappa shape index (κ2) is 7.44. The second-order valence-electron chi connectivity index (χ2n) is 6.51. The number of nitrogens with zero attached hydrogens (tertiary/aromatic N) is 4. The number of rotatable bonds is 3. The van der Waals surface area contributed by atoms with E-state index in [0.717, 1.165) is 12.2 Å². The number of piperazine rings is 1. The maximum atomic E-state index is 12.9. The molecule has 1 aromatic heterocycles. The van der Waals surface area contributed by atoms with E-state index < -0.39 is 0 Å². The molecular weight excluding hydrogens is 340 g/mol. The zero-order valence-corrected chi connectivity index (χ0v) is 15.2. The summed E-state index contributed by atoms with van der Waals surface area (Å²) in [5.74, 6) is 0.628. The molecule has 134 valence electrons. The number of carbonyl (C=O) groups is 2. The van der Waals surface area contributed by atoms with Crippen LogP contribution in [-0.4, -0.2) is 64.9 Å². The Hall–Kier alpha value is -2.08. The Balaban J connectivity index is 1.64. The minimum atomic E-state index is -0.370. The van der Waals surface area contributed by atoms with Crippen molar-refractivity contribution in [3.63, 3.8) is 0 Å². The lowest BCUT2D eigenvalue weighted by molar-refractivity contribution is -0.143. The molecule has 0 N–H and O–H groups in total. The number of hydrogen-bond donors (Lipinski definition) is 0. The highest BCUT2D eigenvalue weighted by molar-refractivity contribution is 6.32. The predicted octanol–water partition coefficient (Wildman–Crippen LogP) is 1.95. The minimum absolute atomic E-state index is 0.0336. The Morgan fingerprint density at radius 3 is 2.64 bits per heavy atom. The first-order chi connectivity index (χ1) is 12.0. The molecule has 1 aromatic rings. The van der Waals surface area contributed by atoms with Gasteiger partial charge in [0.1, 0.15) is 11.9 Å². The van der Waals surface area contributed by atoms with Gasteiger partial charge in [-0.3, -0.25) is 9.59 Å². The predicted molar refractivity (Wildman–Crippen MR) is 97.6 cm³/mol. The smallest absolute Gasteiger partial charge is 0.246 e. The van der Waals surface area contributed by atoms with Crippen LogP contribution >= 0.6 is 11.6 Å². The lowest BCUT2D eigenvalue weighted by Gasteiger charge is -2.38. The van der Waals surface area contributed by atoms with Gasteiger partial charge < -0.3 is 14.7 Å². The molecule has 25 heavy (non-hydrogen) atoms. The van der Waals surface area contributed by atoms with E-state index in [1.807, 2.05) is 17.9 Å². The van der Waals surface area contributed by atoms with E-state index in [9.17, 15) is 9.59 Å². The first-order valence-corrected chi connectivity index (χ1v) is 8.99. The van der Waals surface area contributed by atoms with Crippen molar-refractivity contribution in [1.29, 1.82) is 0 Å². The van der Waals surface area contributed by atoms with Gasteiger partial charge in [0.2, 0.25) is 11.8 Å². The highest BCUT2D eigenvalue weighted by Gasteiger charge is 2.40. The Kier molecular flexibility index (Phi) is 5.27. The first-order valence-electron chi connectivity index (χ1n) is 8.62. The summed E-state index contributed by atoms with van der Waals surface area (Å²) in [6, 6.07) is 3.33. The van der Waals surface area contributed by atoms with Crippen molar-refractivity contribution in [2.24, 2.45) is 0 Å². The lowest BCUT2D eigenvalue weighted by Crippen LogP contribution is -2.55. The van der Waals surface area contributed by atoms with Crippen molar-refractivity contribution >= 4 is 29.2 Å². The standard InChI is InChI=1S/C18H23ClN4O2/c1-3-16(24)23-13(2)6-7-15(23)18(25)22-11-9-21(10-12-22)17-14(19)5-4-8-20-17/h3-5,8,13,15H,1,6-7,9-12H2,2H3/t13-,15-/m0/s1. The maximum Gasteiger partial charge on any atom is 0.246 e. The van der Waals surface area contributed by atoms with E-state index in [2.05, 4.69) is 16.5 Å². The highest BCUT2D eigenvalue weighted by atomic mass is 35.5. The molecule has 7 heteroatoms. The van der Waals surface area contributed by atoms with Crippen LogP contribution in [0.3, 0.4) is 0 Å². The van der Waals surface area contributed by atoms with Crippen LogP contribution in [-0.2, 0) is 9.59 Å². The average Bonchev–Trinajstić information content (AvgIpc) is 3.02. The van der Waals surface area contributed by atoms with E-state index in [1.165, 1.54) is 6.08 Å². The zero-order valence-electron chi connectivity index (χ0n) is 14.4. The van der Waals surface area contributed by atoms with Gasteiger partial charge in [0, 0.05) is 38.4 Å². The maximum absolute atomic E-state index is 12.9. The van der Waals surface area contributed by atoms with Gasteiger partial charge in [0.25, 0.3) is 0 Å². The highest BCUT2D eigenvalue weighted by Crippen LogP contribution is 2.27. The summed E-state index contributed by atoms with van der Waals surface area (Å²) < 4.78 is 0. The van der Waals surface area contributed by atoms with E-state index >= 15 is 0 Å². The Morgan fingerprint density at radius 1 is 1.28 bits per heavy atom. The molecule has 3 rings (SSSR count). The van der Waals surface area contributed by atoms with Crippen molar-refractivity contribution in [2.75, 3.05) is 31.1 Å². The summed E-state index contributed by atoms with van der Waals surface area (Å²) in [6.45, 7) is 8.11. The van der Waals surface area contributed by atoms with Crippen LogP contribution < -0.4 is 4.90 Å². The van der Waals surface area contributed by atoms with Crippen molar-refractivity contribution in [2.45, 2.75) is 31.8 Å². The molecule has 3 heterocycles. The Morgan fingerprint density at radius 2 is 2.00 bits per heavy atom. The molecule has 2 atom stereocenters. The Labute approximate surface area is 153 Å². The van der Waals surface area contributed by atoms with Crippen molar-refractivity contribution in [1.82, 2.24) is 14.8 Å². The Bertz CT molecular complexity index is 673. The van der Waals surface area contributed by atoms with Gasteiger partial charge in [-0.05, 0) is 38.0 Å². The van der Waals surface area contributed by atoms with Crippen molar-refractivity contribution in [3.8, 4) is 0 Å². The second-order valence-corrected chi connectivity index (χ2v) is 6.92. The van der Waals surface area contributed by atoms with E-state index in [1.54, 1.807) is 17.2 Å². The molecule has 2 fully saturated rings. The van der Waals surface area contributed by atoms with Crippen LogP contribution in [0.4, 0.5) is 5.82 Å². The molecule has 0 radical (unpaired) electrons. The third-order valence-electron chi connectivity index (χ3n) is 5.01. The number of likely N-dealkylation sites (tertiary alicyclic amines) is 1. The third kappa shape index (κ3) is 3.49. The van der Waals surface area contributed by atoms with Crippen LogP contribution in [0.5, 0.6) is 0 Å². The topological polar surface area (TPSA) is 56.8 Å². The number of halogens is 1. The first kappa shape index (κ1) is 17.7. The normalized spacial score (nSPS) is 23.7. The number of pyridine rings is 1. The number of carbonyl (C=O) groups excluding carboxylic acids is 2. The summed E-state index contributed by atoms with van der Waals surface area (Å²) in [6.07, 6.45) is 4.58. The van der Waals surface area contributed by atoms with E-state index in [0.29, 0.717) is 37.6 Å². The molecule has 0 unspecified atom stereocenters. The molecule has 0 saturated carbocycles. The summed E-state index contributed by atoms with van der Waals surface area (Å²) >= 11 is 6.21. The number of anilines is 1. The summed E-state index contributed by atoms with van der Waals surface area (Å²) in [4.78, 5) is 35.0. The summed E-state index contributed by atoms with van der Waals surface area (Å²) in [5, 5.41) is 0.620. The van der Waals surface area contributed by atoms with Gasteiger partial charge >= 0.3 is 0 Å². The number of amides is 2. The van der Waals surface area contributed by atoms with Gasteiger partial charge in [-0.2, -0.15) is 0 Å².